The predicted molar refractivity (Wildman–Crippen MR) is 127 cm³/mol. The topological polar surface area (TPSA) is 109 Å². The number of sulfonamides is 1. The van der Waals surface area contributed by atoms with Gasteiger partial charge >= 0.3 is 0 Å². The molecule has 11 heteroatoms. The molecule has 1 aromatic heterocycles. The fourth-order valence-corrected chi connectivity index (χ4v) is 4.72. The highest BCUT2D eigenvalue weighted by atomic mass is 32.2. The van der Waals surface area contributed by atoms with Crippen LogP contribution in [0.5, 0.6) is 0 Å². The molecular formula is C22H25N5O4S2. The van der Waals surface area contributed by atoms with Crippen LogP contribution in [0.3, 0.4) is 0 Å². The van der Waals surface area contributed by atoms with Crippen molar-refractivity contribution in [2.45, 2.75) is 11.8 Å². The summed E-state index contributed by atoms with van der Waals surface area (Å²) >= 11 is 1.22. The highest BCUT2D eigenvalue weighted by Gasteiger charge is 2.22. The van der Waals surface area contributed by atoms with E-state index in [1.165, 1.54) is 17.3 Å². The second-order valence-corrected chi connectivity index (χ2v) is 10.4. The number of carbonyl (C=O) groups is 1. The fourth-order valence-electron chi connectivity index (χ4n) is 3.49. The highest BCUT2D eigenvalue weighted by Crippen LogP contribution is 2.25. The first-order valence-corrected chi connectivity index (χ1v) is 13.3. The van der Waals surface area contributed by atoms with Crippen LogP contribution in [-0.4, -0.2) is 72.5 Å². The molecule has 1 amide bonds. The first-order valence-electron chi connectivity index (χ1n) is 10.4. The Morgan fingerprint density at radius 3 is 2.39 bits per heavy atom. The molecule has 2 heterocycles. The minimum absolute atomic E-state index is 0.0512. The van der Waals surface area contributed by atoms with Crippen molar-refractivity contribution in [2.24, 2.45) is 0 Å². The number of amides is 1. The van der Waals surface area contributed by atoms with Crippen molar-refractivity contribution in [1.29, 1.82) is 0 Å². The first-order chi connectivity index (χ1) is 15.9. The Balaban J connectivity index is 1.24. The van der Waals surface area contributed by atoms with Crippen molar-refractivity contribution in [3.8, 4) is 11.5 Å². The zero-order valence-corrected chi connectivity index (χ0v) is 19.8. The fraction of sp³-hybridized carbons (Fsp3) is 0.318. The van der Waals surface area contributed by atoms with Gasteiger partial charge in [0.1, 0.15) is 0 Å². The molecule has 174 valence electrons. The summed E-state index contributed by atoms with van der Waals surface area (Å²) in [6.07, 6.45) is 1.09. The van der Waals surface area contributed by atoms with Crippen molar-refractivity contribution in [3.63, 3.8) is 0 Å². The molecule has 0 bridgehead atoms. The number of hydrogen-bond acceptors (Lipinski definition) is 8. The third-order valence-corrected chi connectivity index (χ3v) is 6.54. The Bertz CT molecular complexity index is 1180. The SMILES string of the molecule is CS(=O)(=O)Nc1ccc(-c2nnc(SCC(=O)N3CCN(Cc4ccccc4)CC3)o2)cc1. The van der Waals surface area contributed by atoms with E-state index < -0.39 is 10.0 Å². The molecule has 1 N–H and O–H groups in total. The van der Waals surface area contributed by atoms with Crippen molar-refractivity contribution in [3.05, 3.63) is 60.2 Å². The monoisotopic (exact) mass is 487 g/mol. The predicted octanol–water partition coefficient (Wildman–Crippen LogP) is 2.54. The van der Waals surface area contributed by atoms with E-state index in [-0.39, 0.29) is 11.7 Å². The number of hydrogen-bond donors (Lipinski definition) is 1. The summed E-state index contributed by atoms with van der Waals surface area (Å²) in [6, 6.07) is 17.0. The second kappa shape index (κ2) is 10.4. The Hall–Kier alpha value is -2.89. The number of nitrogens with one attached hydrogen (secondary N) is 1. The number of carbonyl (C=O) groups excluding carboxylic acids is 1. The molecule has 1 fully saturated rings. The average Bonchev–Trinajstić information content (AvgIpc) is 3.27. The highest BCUT2D eigenvalue weighted by molar-refractivity contribution is 7.99. The van der Waals surface area contributed by atoms with Crippen LogP contribution in [0.15, 0.2) is 64.2 Å². The van der Waals surface area contributed by atoms with E-state index in [4.69, 9.17) is 4.42 Å². The molecule has 33 heavy (non-hydrogen) atoms. The van der Waals surface area contributed by atoms with Gasteiger partial charge in [-0.15, -0.1) is 10.2 Å². The smallest absolute Gasteiger partial charge is 0.277 e. The summed E-state index contributed by atoms with van der Waals surface area (Å²) in [4.78, 5) is 16.8. The van der Waals surface area contributed by atoms with Gasteiger partial charge < -0.3 is 9.32 Å². The van der Waals surface area contributed by atoms with Crippen LogP contribution in [-0.2, 0) is 21.4 Å². The van der Waals surface area contributed by atoms with E-state index in [1.54, 1.807) is 24.3 Å². The van der Waals surface area contributed by atoms with E-state index >= 15 is 0 Å². The van der Waals surface area contributed by atoms with E-state index in [1.807, 2.05) is 23.1 Å². The molecule has 1 saturated heterocycles. The summed E-state index contributed by atoms with van der Waals surface area (Å²) in [7, 11) is -3.34. The molecule has 0 unspecified atom stereocenters. The van der Waals surface area contributed by atoms with Gasteiger partial charge in [0.25, 0.3) is 5.22 Å². The normalized spacial score (nSPS) is 14.9. The summed E-state index contributed by atoms with van der Waals surface area (Å²) in [5, 5.41) is 8.35. The first kappa shape index (κ1) is 23.3. The van der Waals surface area contributed by atoms with Crippen molar-refractivity contribution < 1.29 is 17.6 Å². The molecule has 3 aromatic rings. The van der Waals surface area contributed by atoms with Crippen LogP contribution in [0.25, 0.3) is 11.5 Å². The van der Waals surface area contributed by atoms with E-state index in [0.717, 1.165) is 25.9 Å². The lowest BCUT2D eigenvalue weighted by Gasteiger charge is -2.34. The van der Waals surface area contributed by atoms with Crippen molar-refractivity contribution in [1.82, 2.24) is 20.0 Å². The van der Waals surface area contributed by atoms with Crippen molar-refractivity contribution >= 4 is 33.4 Å². The van der Waals surface area contributed by atoms with Gasteiger partial charge in [0.2, 0.25) is 21.8 Å². The zero-order chi connectivity index (χ0) is 23.3. The molecule has 0 saturated carbocycles. The number of nitrogens with zero attached hydrogens (tertiary/aromatic N) is 4. The lowest BCUT2D eigenvalue weighted by atomic mass is 10.2. The van der Waals surface area contributed by atoms with E-state index in [0.29, 0.717) is 35.5 Å². The van der Waals surface area contributed by atoms with Gasteiger partial charge in [0.05, 0.1) is 12.0 Å². The van der Waals surface area contributed by atoms with E-state index in [9.17, 15) is 13.2 Å². The van der Waals surface area contributed by atoms with Gasteiger partial charge in [-0.2, -0.15) is 0 Å². The van der Waals surface area contributed by atoms with Gasteiger partial charge in [0, 0.05) is 44.0 Å². The van der Waals surface area contributed by atoms with Gasteiger partial charge in [-0.05, 0) is 29.8 Å². The largest absolute Gasteiger partial charge is 0.411 e. The van der Waals surface area contributed by atoms with Gasteiger partial charge in [0.15, 0.2) is 0 Å². The van der Waals surface area contributed by atoms with Gasteiger partial charge in [-0.25, -0.2) is 8.42 Å². The van der Waals surface area contributed by atoms with E-state index in [2.05, 4.69) is 32.0 Å². The van der Waals surface area contributed by atoms with Crippen molar-refractivity contribution in [2.75, 3.05) is 42.9 Å². The number of rotatable bonds is 8. The van der Waals surface area contributed by atoms with Crippen LogP contribution in [0, 0.1) is 0 Å². The Kier molecular flexibility index (Phi) is 7.31. The van der Waals surface area contributed by atoms with Crippen LogP contribution in [0.2, 0.25) is 0 Å². The molecule has 4 rings (SSSR count). The lowest BCUT2D eigenvalue weighted by Crippen LogP contribution is -2.48. The summed E-state index contributed by atoms with van der Waals surface area (Å²) in [5.74, 6) is 0.595. The van der Waals surface area contributed by atoms with Crippen LogP contribution in [0.1, 0.15) is 5.56 Å². The standard InChI is InChI=1S/C22H25N5O4S2/c1-33(29,30)25-19-9-7-18(8-10-19)21-23-24-22(31-21)32-16-20(28)27-13-11-26(12-14-27)15-17-5-3-2-4-6-17/h2-10,25H,11-16H2,1H3. The second-order valence-electron chi connectivity index (χ2n) is 7.76. The van der Waals surface area contributed by atoms with Gasteiger partial charge in [-0.1, -0.05) is 42.1 Å². The number of anilines is 1. The molecular weight excluding hydrogens is 462 g/mol. The number of benzene rings is 2. The zero-order valence-electron chi connectivity index (χ0n) is 18.2. The Morgan fingerprint density at radius 1 is 1.03 bits per heavy atom. The molecule has 0 atom stereocenters. The lowest BCUT2D eigenvalue weighted by molar-refractivity contribution is -0.130. The molecule has 2 aromatic carbocycles. The molecule has 1 aliphatic heterocycles. The number of piperazine rings is 1. The maximum Gasteiger partial charge on any atom is 0.277 e. The Morgan fingerprint density at radius 2 is 1.73 bits per heavy atom. The molecule has 9 nitrogen and oxygen atoms in total. The number of aromatic nitrogens is 2. The minimum atomic E-state index is -3.34. The summed E-state index contributed by atoms with van der Waals surface area (Å²) in [5.41, 5.74) is 2.39. The minimum Gasteiger partial charge on any atom is -0.411 e. The average molecular weight is 488 g/mol. The third-order valence-electron chi connectivity index (χ3n) is 5.13. The number of thioether (sulfide) groups is 1. The maximum atomic E-state index is 12.6. The van der Waals surface area contributed by atoms with Crippen LogP contribution < -0.4 is 4.72 Å². The maximum absolute atomic E-state index is 12.6. The molecule has 0 spiro atoms. The molecule has 1 aliphatic rings. The molecule has 0 aliphatic carbocycles. The molecule has 0 radical (unpaired) electrons. The van der Waals surface area contributed by atoms with Crippen LogP contribution >= 0.6 is 11.8 Å². The quantitative estimate of drug-likeness (QED) is 0.483. The Labute approximate surface area is 197 Å². The summed E-state index contributed by atoms with van der Waals surface area (Å²) in [6.45, 7) is 4.00. The summed E-state index contributed by atoms with van der Waals surface area (Å²) < 4.78 is 30.7. The third kappa shape index (κ3) is 6.80. The van der Waals surface area contributed by atoms with Gasteiger partial charge in [-0.3, -0.25) is 14.4 Å². The van der Waals surface area contributed by atoms with Crippen LogP contribution in [0.4, 0.5) is 5.69 Å².